The molecule has 0 saturated carbocycles. The molecule has 0 bridgehead atoms. The summed E-state index contributed by atoms with van der Waals surface area (Å²) >= 11 is 1.42. The number of urea groups is 1. The number of likely N-dealkylation sites (tertiary alicyclic amines) is 1. The second kappa shape index (κ2) is 8.90. The van der Waals surface area contributed by atoms with Gasteiger partial charge in [0.15, 0.2) is 5.13 Å². The van der Waals surface area contributed by atoms with Crippen LogP contribution in [-0.4, -0.2) is 59.3 Å². The number of pyridine rings is 1. The number of carbonyl (C=O) groups is 1. The van der Waals surface area contributed by atoms with E-state index in [9.17, 15) is 10.1 Å². The maximum Gasteiger partial charge on any atom is 0.323 e. The van der Waals surface area contributed by atoms with Crippen LogP contribution in [0, 0.1) is 25.2 Å². The van der Waals surface area contributed by atoms with Crippen LogP contribution in [0.4, 0.5) is 9.93 Å². The van der Waals surface area contributed by atoms with Gasteiger partial charge in [-0.2, -0.15) is 5.26 Å². The number of benzene rings is 1. The van der Waals surface area contributed by atoms with Crippen molar-refractivity contribution >= 4 is 22.5 Å². The molecule has 2 aliphatic rings. The first kappa shape index (κ1) is 21.5. The first-order valence-electron chi connectivity index (χ1n) is 10.9. The van der Waals surface area contributed by atoms with E-state index in [2.05, 4.69) is 21.7 Å². The molecule has 2 amide bonds. The molecule has 1 aromatic carbocycles. The van der Waals surface area contributed by atoms with E-state index >= 15 is 0 Å². The SMILES string of the molecule is Cc1cc(-c2sc(NC(=O)N3C[C@@H]4NCCO[C@H]4C3)nc2-c2cccc(C#N)c2)cc(C)n1. The third kappa shape index (κ3) is 4.46. The minimum absolute atomic E-state index is 0.0309. The van der Waals surface area contributed by atoms with Crippen LogP contribution in [0.2, 0.25) is 0 Å². The number of aryl methyl sites for hydroxylation is 2. The third-order valence-electron chi connectivity index (χ3n) is 5.84. The highest BCUT2D eigenvalue weighted by molar-refractivity contribution is 7.19. The Morgan fingerprint density at radius 2 is 2.03 bits per heavy atom. The van der Waals surface area contributed by atoms with Gasteiger partial charge in [0.25, 0.3) is 0 Å². The topological polar surface area (TPSA) is 103 Å². The number of nitriles is 1. The Hall–Kier alpha value is -3.32. The molecule has 2 aromatic heterocycles. The number of nitrogens with zero attached hydrogens (tertiary/aromatic N) is 4. The van der Waals surface area contributed by atoms with Gasteiger partial charge in [0.05, 0.1) is 47.5 Å². The van der Waals surface area contributed by atoms with Crippen LogP contribution < -0.4 is 10.6 Å². The fourth-order valence-corrected chi connectivity index (χ4v) is 5.36. The molecular formula is C24H24N6O2S. The number of carbonyl (C=O) groups excluding carboxylic acids is 1. The van der Waals surface area contributed by atoms with Crippen molar-refractivity contribution < 1.29 is 9.53 Å². The summed E-state index contributed by atoms with van der Waals surface area (Å²) in [4.78, 5) is 25.0. The van der Waals surface area contributed by atoms with Gasteiger partial charge in [0.2, 0.25) is 0 Å². The molecule has 2 fully saturated rings. The van der Waals surface area contributed by atoms with E-state index in [1.54, 1.807) is 11.0 Å². The Morgan fingerprint density at radius 3 is 2.79 bits per heavy atom. The van der Waals surface area contributed by atoms with Crippen molar-refractivity contribution in [3.63, 3.8) is 0 Å². The molecule has 9 heteroatoms. The zero-order chi connectivity index (χ0) is 22.9. The fourth-order valence-electron chi connectivity index (χ4n) is 4.40. The Balaban J connectivity index is 1.47. The normalized spacial score (nSPS) is 19.7. The molecular weight excluding hydrogens is 436 g/mol. The van der Waals surface area contributed by atoms with Crippen LogP contribution in [0.25, 0.3) is 21.7 Å². The highest BCUT2D eigenvalue weighted by atomic mass is 32.1. The van der Waals surface area contributed by atoms with Crippen molar-refractivity contribution in [1.82, 2.24) is 20.2 Å². The summed E-state index contributed by atoms with van der Waals surface area (Å²) < 4.78 is 5.79. The van der Waals surface area contributed by atoms with Gasteiger partial charge in [-0.1, -0.05) is 23.5 Å². The molecule has 0 unspecified atom stereocenters. The van der Waals surface area contributed by atoms with Gasteiger partial charge in [-0.3, -0.25) is 10.3 Å². The quantitative estimate of drug-likeness (QED) is 0.619. The molecule has 2 atom stereocenters. The first-order chi connectivity index (χ1) is 16.0. The van der Waals surface area contributed by atoms with Crippen LogP contribution >= 0.6 is 11.3 Å². The van der Waals surface area contributed by atoms with Crippen LogP contribution in [-0.2, 0) is 4.74 Å². The van der Waals surface area contributed by atoms with Crippen LogP contribution in [0.3, 0.4) is 0 Å². The van der Waals surface area contributed by atoms with Crippen molar-refractivity contribution in [2.45, 2.75) is 26.0 Å². The molecule has 0 spiro atoms. The number of aromatic nitrogens is 2. The van der Waals surface area contributed by atoms with Gasteiger partial charge < -0.3 is 15.0 Å². The molecule has 2 N–H and O–H groups in total. The van der Waals surface area contributed by atoms with Crippen molar-refractivity contribution in [3.8, 4) is 27.8 Å². The van der Waals surface area contributed by atoms with E-state index in [-0.39, 0.29) is 18.2 Å². The lowest BCUT2D eigenvalue weighted by Crippen LogP contribution is -2.47. The largest absolute Gasteiger partial charge is 0.373 e. The summed E-state index contributed by atoms with van der Waals surface area (Å²) in [6.07, 6.45) is 0.0309. The summed E-state index contributed by atoms with van der Waals surface area (Å²) in [7, 11) is 0. The maximum atomic E-state index is 13.0. The number of anilines is 1. The van der Waals surface area contributed by atoms with Crippen LogP contribution in [0.5, 0.6) is 0 Å². The lowest BCUT2D eigenvalue weighted by atomic mass is 10.0. The number of thiazole rings is 1. The summed E-state index contributed by atoms with van der Waals surface area (Å²) in [6, 6.07) is 13.6. The molecule has 0 aliphatic carbocycles. The molecule has 8 nitrogen and oxygen atoms in total. The monoisotopic (exact) mass is 460 g/mol. The van der Waals surface area contributed by atoms with E-state index < -0.39 is 0 Å². The van der Waals surface area contributed by atoms with E-state index in [1.807, 2.05) is 44.2 Å². The molecule has 2 aliphatic heterocycles. The first-order valence-corrected chi connectivity index (χ1v) is 11.7. The number of amides is 2. The van der Waals surface area contributed by atoms with Gasteiger partial charge in [-0.15, -0.1) is 0 Å². The highest BCUT2D eigenvalue weighted by Crippen LogP contribution is 2.39. The average Bonchev–Trinajstić information content (AvgIpc) is 3.43. The average molecular weight is 461 g/mol. The van der Waals surface area contributed by atoms with Crippen molar-refractivity contribution in [2.75, 3.05) is 31.6 Å². The molecule has 2 saturated heterocycles. The van der Waals surface area contributed by atoms with Gasteiger partial charge in [0.1, 0.15) is 0 Å². The van der Waals surface area contributed by atoms with Crippen molar-refractivity contribution in [2.24, 2.45) is 0 Å². The Kier molecular flexibility index (Phi) is 5.81. The predicted molar refractivity (Wildman–Crippen MR) is 127 cm³/mol. The fraction of sp³-hybridized carbons (Fsp3) is 0.333. The molecule has 33 heavy (non-hydrogen) atoms. The van der Waals surface area contributed by atoms with E-state index in [1.165, 1.54) is 11.3 Å². The predicted octanol–water partition coefficient (Wildman–Crippen LogP) is 3.57. The lowest BCUT2D eigenvalue weighted by Gasteiger charge is -2.25. The standard InChI is InChI=1S/C24H24N6O2S/c1-14-8-18(9-15(2)27-14)22-21(17-5-3-4-16(10-17)11-25)28-23(33-22)29-24(31)30-12-19-20(13-30)32-7-6-26-19/h3-5,8-10,19-20,26H,6-7,12-13H2,1-2H3,(H,28,29,31)/t19-,20-/m0/s1. The van der Waals surface area contributed by atoms with Crippen molar-refractivity contribution in [3.05, 3.63) is 53.3 Å². The molecule has 168 valence electrons. The Labute approximate surface area is 196 Å². The number of hydrogen-bond acceptors (Lipinski definition) is 7. The number of rotatable bonds is 3. The second-order valence-corrected chi connectivity index (χ2v) is 9.33. The zero-order valence-corrected chi connectivity index (χ0v) is 19.3. The number of nitrogens with one attached hydrogen (secondary N) is 2. The number of hydrogen-bond donors (Lipinski definition) is 2. The third-order valence-corrected chi connectivity index (χ3v) is 6.86. The summed E-state index contributed by atoms with van der Waals surface area (Å²) in [6.45, 7) is 6.55. The van der Waals surface area contributed by atoms with E-state index in [0.717, 1.165) is 39.6 Å². The number of morpholine rings is 1. The van der Waals surface area contributed by atoms with E-state index in [0.29, 0.717) is 30.4 Å². The van der Waals surface area contributed by atoms with Crippen LogP contribution in [0.15, 0.2) is 36.4 Å². The summed E-state index contributed by atoms with van der Waals surface area (Å²) in [5.41, 5.74) is 4.93. The number of ether oxygens (including phenoxy) is 1. The molecule has 3 aromatic rings. The Morgan fingerprint density at radius 1 is 1.21 bits per heavy atom. The van der Waals surface area contributed by atoms with Crippen LogP contribution in [0.1, 0.15) is 17.0 Å². The van der Waals surface area contributed by atoms with Gasteiger partial charge in [-0.05, 0) is 43.7 Å². The zero-order valence-electron chi connectivity index (χ0n) is 18.5. The van der Waals surface area contributed by atoms with Gasteiger partial charge >= 0.3 is 6.03 Å². The summed E-state index contributed by atoms with van der Waals surface area (Å²) in [5, 5.41) is 16.3. The van der Waals surface area contributed by atoms with Crippen molar-refractivity contribution in [1.29, 1.82) is 5.26 Å². The lowest BCUT2D eigenvalue weighted by molar-refractivity contribution is 0.0187. The minimum atomic E-state index is -0.186. The van der Waals surface area contributed by atoms with Gasteiger partial charge in [0, 0.05) is 30.0 Å². The molecule has 0 radical (unpaired) electrons. The highest BCUT2D eigenvalue weighted by Gasteiger charge is 2.37. The smallest absolute Gasteiger partial charge is 0.323 e. The summed E-state index contributed by atoms with van der Waals surface area (Å²) in [5.74, 6) is 0. The van der Waals surface area contributed by atoms with E-state index in [4.69, 9.17) is 9.72 Å². The molecule has 4 heterocycles. The Bertz CT molecular complexity index is 1220. The maximum absolute atomic E-state index is 13.0. The molecule has 5 rings (SSSR count). The number of fused-ring (bicyclic) bond motifs is 1. The second-order valence-electron chi connectivity index (χ2n) is 8.33. The van der Waals surface area contributed by atoms with Gasteiger partial charge in [-0.25, -0.2) is 9.78 Å². The minimum Gasteiger partial charge on any atom is -0.373 e.